The number of ether oxygens (including phenoxy) is 1. The van der Waals surface area contributed by atoms with Crippen LogP contribution in [0, 0.1) is 13.8 Å². The van der Waals surface area contributed by atoms with Gasteiger partial charge in [0.05, 0.1) is 5.56 Å². The summed E-state index contributed by atoms with van der Waals surface area (Å²) in [7, 11) is 0. The van der Waals surface area contributed by atoms with Crippen LogP contribution >= 0.6 is 0 Å². The second-order valence-corrected chi connectivity index (χ2v) is 5.10. The van der Waals surface area contributed by atoms with E-state index in [1.54, 1.807) is 13.0 Å². The van der Waals surface area contributed by atoms with Crippen molar-refractivity contribution in [3.63, 3.8) is 0 Å². The van der Waals surface area contributed by atoms with Crippen LogP contribution < -0.4 is 10.9 Å². The number of benzene rings is 1. The molecule has 23 heavy (non-hydrogen) atoms. The van der Waals surface area contributed by atoms with Crippen LogP contribution in [0.25, 0.3) is 5.69 Å². The topological polar surface area (TPSA) is 72.4 Å². The molecule has 0 unspecified atom stereocenters. The van der Waals surface area contributed by atoms with Crippen LogP contribution in [-0.4, -0.2) is 29.6 Å². The standard InChI is InChI=1S/C17H21N3O3/c1-4-23-11-16(21)18-19-17(22)15-10-12(2)20(13(15)3)14-8-6-5-7-9-14/h5-10H,4,11H2,1-3H3,(H,18,21)(H,19,22). The van der Waals surface area contributed by atoms with Gasteiger partial charge in [-0.05, 0) is 39.0 Å². The Morgan fingerprint density at radius 1 is 1.13 bits per heavy atom. The van der Waals surface area contributed by atoms with Crippen LogP contribution in [0.5, 0.6) is 0 Å². The highest BCUT2D eigenvalue weighted by Gasteiger charge is 2.17. The average Bonchev–Trinajstić information content (AvgIpc) is 2.86. The largest absolute Gasteiger partial charge is 0.372 e. The summed E-state index contributed by atoms with van der Waals surface area (Å²) in [5.74, 6) is -0.748. The smallest absolute Gasteiger partial charge is 0.271 e. The molecule has 0 saturated heterocycles. The number of para-hydroxylation sites is 1. The van der Waals surface area contributed by atoms with E-state index in [-0.39, 0.29) is 12.5 Å². The number of aromatic nitrogens is 1. The van der Waals surface area contributed by atoms with Crippen LogP contribution in [0.1, 0.15) is 28.7 Å². The second-order valence-electron chi connectivity index (χ2n) is 5.10. The van der Waals surface area contributed by atoms with Gasteiger partial charge in [-0.3, -0.25) is 20.4 Å². The minimum atomic E-state index is -0.392. The van der Waals surface area contributed by atoms with Crippen molar-refractivity contribution in [3.05, 3.63) is 53.3 Å². The molecule has 2 rings (SSSR count). The van der Waals surface area contributed by atoms with E-state index in [0.29, 0.717) is 12.2 Å². The third kappa shape index (κ3) is 3.98. The molecule has 1 aromatic heterocycles. The Bertz CT molecular complexity index is 693. The van der Waals surface area contributed by atoms with Crippen molar-refractivity contribution < 1.29 is 14.3 Å². The average molecular weight is 315 g/mol. The lowest BCUT2D eigenvalue weighted by Crippen LogP contribution is -2.43. The lowest BCUT2D eigenvalue weighted by Gasteiger charge is -2.10. The molecule has 2 aromatic rings. The minimum Gasteiger partial charge on any atom is -0.372 e. The van der Waals surface area contributed by atoms with Crippen LogP contribution in [0.15, 0.2) is 36.4 Å². The van der Waals surface area contributed by atoms with Crippen molar-refractivity contribution in [3.8, 4) is 5.69 Å². The zero-order valence-electron chi connectivity index (χ0n) is 13.6. The van der Waals surface area contributed by atoms with Crippen molar-refractivity contribution in [2.24, 2.45) is 0 Å². The predicted molar refractivity (Wildman–Crippen MR) is 87.3 cm³/mol. The van der Waals surface area contributed by atoms with E-state index in [4.69, 9.17) is 4.74 Å². The van der Waals surface area contributed by atoms with Gasteiger partial charge in [0.1, 0.15) is 6.61 Å². The minimum absolute atomic E-state index is 0.0835. The molecule has 0 atom stereocenters. The van der Waals surface area contributed by atoms with Gasteiger partial charge in [0.2, 0.25) is 0 Å². The fraction of sp³-hybridized carbons (Fsp3) is 0.294. The normalized spacial score (nSPS) is 10.4. The molecular weight excluding hydrogens is 294 g/mol. The summed E-state index contributed by atoms with van der Waals surface area (Å²) in [4.78, 5) is 23.7. The monoisotopic (exact) mass is 315 g/mol. The molecule has 1 aromatic carbocycles. The second kappa shape index (κ2) is 7.60. The van der Waals surface area contributed by atoms with Crippen molar-refractivity contribution in [1.82, 2.24) is 15.4 Å². The van der Waals surface area contributed by atoms with Gasteiger partial charge in [0.15, 0.2) is 0 Å². The number of carbonyl (C=O) groups excluding carboxylic acids is 2. The van der Waals surface area contributed by atoms with Gasteiger partial charge in [-0.2, -0.15) is 0 Å². The van der Waals surface area contributed by atoms with E-state index >= 15 is 0 Å². The Balaban J connectivity index is 2.12. The lowest BCUT2D eigenvalue weighted by molar-refractivity contribution is -0.126. The maximum Gasteiger partial charge on any atom is 0.271 e. The number of rotatable bonds is 5. The quantitative estimate of drug-likeness (QED) is 0.828. The molecular formula is C17H21N3O3. The third-order valence-corrected chi connectivity index (χ3v) is 3.44. The Morgan fingerprint density at radius 2 is 1.83 bits per heavy atom. The maximum atomic E-state index is 12.3. The van der Waals surface area contributed by atoms with E-state index < -0.39 is 5.91 Å². The first-order chi connectivity index (χ1) is 11.0. The van der Waals surface area contributed by atoms with Crippen LogP contribution in [0.3, 0.4) is 0 Å². The molecule has 6 heteroatoms. The molecule has 0 bridgehead atoms. The van der Waals surface area contributed by atoms with Gasteiger partial charge in [0.25, 0.3) is 11.8 Å². The number of aryl methyl sites for hydroxylation is 1. The molecule has 0 aliphatic rings. The Kier molecular flexibility index (Phi) is 5.54. The van der Waals surface area contributed by atoms with E-state index in [0.717, 1.165) is 17.1 Å². The van der Waals surface area contributed by atoms with Crippen LogP contribution in [-0.2, 0) is 9.53 Å². The Morgan fingerprint density at radius 3 is 2.48 bits per heavy atom. The Labute approximate surface area is 135 Å². The zero-order chi connectivity index (χ0) is 16.8. The van der Waals surface area contributed by atoms with Gasteiger partial charge in [-0.25, -0.2) is 0 Å². The molecule has 0 saturated carbocycles. The number of hydrazine groups is 1. The third-order valence-electron chi connectivity index (χ3n) is 3.44. The molecule has 2 N–H and O–H groups in total. The van der Waals surface area contributed by atoms with Crippen molar-refractivity contribution in [2.75, 3.05) is 13.2 Å². The van der Waals surface area contributed by atoms with Gasteiger partial charge >= 0.3 is 0 Å². The van der Waals surface area contributed by atoms with E-state index in [9.17, 15) is 9.59 Å². The summed E-state index contributed by atoms with van der Waals surface area (Å²) >= 11 is 0. The van der Waals surface area contributed by atoms with E-state index in [2.05, 4.69) is 10.9 Å². The molecule has 0 aliphatic heterocycles. The highest BCUT2D eigenvalue weighted by atomic mass is 16.5. The first-order valence-corrected chi connectivity index (χ1v) is 7.46. The first kappa shape index (κ1) is 16.8. The van der Waals surface area contributed by atoms with Crippen LogP contribution in [0.2, 0.25) is 0 Å². The highest BCUT2D eigenvalue weighted by Crippen LogP contribution is 2.20. The van der Waals surface area contributed by atoms with E-state index in [1.165, 1.54) is 0 Å². The lowest BCUT2D eigenvalue weighted by atomic mass is 10.2. The van der Waals surface area contributed by atoms with Crippen molar-refractivity contribution in [2.45, 2.75) is 20.8 Å². The summed E-state index contributed by atoms with van der Waals surface area (Å²) in [6, 6.07) is 11.6. The summed E-state index contributed by atoms with van der Waals surface area (Å²) in [6.07, 6.45) is 0. The van der Waals surface area contributed by atoms with Gasteiger partial charge in [0, 0.05) is 23.7 Å². The molecule has 0 spiro atoms. The highest BCUT2D eigenvalue weighted by molar-refractivity contribution is 5.97. The number of nitrogens with one attached hydrogen (secondary N) is 2. The summed E-state index contributed by atoms with van der Waals surface area (Å²) in [5, 5.41) is 0. The summed E-state index contributed by atoms with van der Waals surface area (Å²) in [6.45, 7) is 5.96. The van der Waals surface area contributed by atoms with Gasteiger partial charge in [-0.15, -0.1) is 0 Å². The summed E-state index contributed by atoms with van der Waals surface area (Å²) < 4.78 is 6.97. The fourth-order valence-corrected chi connectivity index (χ4v) is 2.39. The maximum absolute atomic E-state index is 12.3. The molecule has 2 amide bonds. The molecule has 0 aliphatic carbocycles. The predicted octanol–water partition coefficient (Wildman–Crippen LogP) is 1.89. The summed E-state index contributed by atoms with van der Waals surface area (Å²) in [5.41, 5.74) is 8.01. The first-order valence-electron chi connectivity index (χ1n) is 7.46. The number of hydrogen-bond acceptors (Lipinski definition) is 3. The van der Waals surface area contributed by atoms with Crippen LogP contribution in [0.4, 0.5) is 0 Å². The molecule has 6 nitrogen and oxygen atoms in total. The molecule has 0 fully saturated rings. The number of hydrogen-bond donors (Lipinski definition) is 2. The number of amides is 2. The fourth-order valence-electron chi connectivity index (χ4n) is 2.39. The number of nitrogens with zero attached hydrogens (tertiary/aromatic N) is 1. The Hall–Kier alpha value is -2.60. The molecule has 122 valence electrons. The van der Waals surface area contributed by atoms with E-state index in [1.807, 2.05) is 48.7 Å². The molecule has 0 radical (unpaired) electrons. The zero-order valence-corrected chi connectivity index (χ0v) is 13.6. The number of carbonyl (C=O) groups is 2. The van der Waals surface area contributed by atoms with Gasteiger partial charge in [-0.1, -0.05) is 18.2 Å². The SMILES string of the molecule is CCOCC(=O)NNC(=O)c1cc(C)n(-c2ccccc2)c1C. The van der Waals surface area contributed by atoms with Crippen molar-refractivity contribution in [1.29, 1.82) is 0 Å². The van der Waals surface area contributed by atoms with Crippen molar-refractivity contribution >= 4 is 11.8 Å². The molecule has 1 heterocycles. The van der Waals surface area contributed by atoms with Gasteiger partial charge < -0.3 is 9.30 Å².